The summed E-state index contributed by atoms with van der Waals surface area (Å²) in [6, 6.07) is 13.5. The molecule has 0 saturated carbocycles. The molecule has 0 radical (unpaired) electrons. The fourth-order valence-electron chi connectivity index (χ4n) is 2.62. The first-order valence-electron chi connectivity index (χ1n) is 8.07. The van der Waals surface area contributed by atoms with Crippen molar-refractivity contribution in [3.8, 4) is 5.75 Å². The lowest BCUT2D eigenvalue weighted by molar-refractivity contribution is -0.115. The van der Waals surface area contributed by atoms with Crippen LogP contribution in [0.2, 0.25) is 0 Å². The molecule has 3 rings (SSSR count). The first kappa shape index (κ1) is 17.0. The molecule has 2 aromatic carbocycles. The van der Waals surface area contributed by atoms with Crippen molar-refractivity contribution < 1.29 is 24.2 Å². The molecule has 25 heavy (non-hydrogen) atoms. The van der Waals surface area contributed by atoms with Gasteiger partial charge in [0.1, 0.15) is 11.9 Å². The van der Waals surface area contributed by atoms with E-state index in [1.807, 2.05) is 0 Å². The van der Waals surface area contributed by atoms with E-state index >= 15 is 0 Å². The molecule has 0 aliphatic carbocycles. The number of aromatic carboxylic acids is 1. The summed E-state index contributed by atoms with van der Waals surface area (Å²) in [5, 5.41) is 11.8. The lowest BCUT2D eigenvalue weighted by Crippen LogP contribution is -2.16. The molecule has 6 nitrogen and oxygen atoms in total. The predicted molar refractivity (Wildman–Crippen MR) is 92.0 cm³/mol. The van der Waals surface area contributed by atoms with Crippen LogP contribution in [0.5, 0.6) is 5.75 Å². The lowest BCUT2D eigenvalue weighted by atomic mass is 10.1. The van der Waals surface area contributed by atoms with E-state index in [0.29, 0.717) is 17.9 Å². The number of anilines is 1. The number of carbonyl (C=O) groups excluding carboxylic acids is 1. The third-order valence-corrected chi connectivity index (χ3v) is 3.87. The minimum absolute atomic E-state index is 0.0851. The summed E-state index contributed by atoms with van der Waals surface area (Å²) < 4.78 is 11.0. The van der Waals surface area contributed by atoms with Gasteiger partial charge in [-0.3, -0.25) is 4.79 Å². The zero-order valence-electron chi connectivity index (χ0n) is 13.6. The van der Waals surface area contributed by atoms with Crippen LogP contribution in [0.15, 0.2) is 48.5 Å². The molecule has 1 saturated heterocycles. The molecule has 130 valence electrons. The van der Waals surface area contributed by atoms with Gasteiger partial charge in [-0.05, 0) is 42.0 Å². The van der Waals surface area contributed by atoms with E-state index in [2.05, 4.69) is 5.32 Å². The lowest BCUT2D eigenvalue weighted by Gasteiger charge is -2.12. The molecule has 0 bridgehead atoms. The van der Waals surface area contributed by atoms with Crippen molar-refractivity contribution in [3.63, 3.8) is 0 Å². The summed E-state index contributed by atoms with van der Waals surface area (Å²) in [4.78, 5) is 23.1. The molecular weight excluding hydrogens is 322 g/mol. The van der Waals surface area contributed by atoms with Crippen molar-refractivity contribution >= 4 is 17.6 Å². The number of rotatable bonds is 6. The summed E-state index contributed by atoms with van der Waals surface area (Å²) >= 11 is 0. The minimum Gasteiger partial charge on any atom is -0.488 e. The number of amides is 1. The number of benzene rings is 2. The van der Waals surface area contributed by atoms with E-state index in [1.54, 1.807) is 36.4 Å². The molecule has 0 aromatic heterocycles. The van der Waals surface area contributed by atoms with Crippen LogP contribution in [-0.4, -0.2) is 36.3 Å². The summed E-state index contributed by atoms with van der Waals surface area (Å²) in [6.07, 6.45) is 1.08. The highest BCUT2D eigenvalue weighted by Gasteiger charge is 2.17. The van der Waals surface area contributed by atoms with E-state index in [0.717, 1.165) is 18.8 Å². The van der Waals surface area contributed by atoms with Crippen LogP contribution in [0.4, 0.5) is 5.69 Å². The number of hydrogen-bond acceptors (Lipinski definition) is 4. The van der Waals surface area contributed by atoms with Crippen molar-refractivity contribution in [1.82, 2.24) is 0 Å². The Morgan fingerprint density at radius 1 is 1.20 bits per heavy atom. The smallest absolute Gasteiger partial charge is 0.335 e. The van der Waals surface area contributed by atoms with Crippen molar-refractivity contribution in [1.29, 1.82) is 0 Å². The first-order chi connectivity index (χ1) is 12.1. The number of carboxylic acid groups (broad SMARTS) is 1. The van der Waals surface area contributed by atoms with E-state index in [9.17, 15) is 9.59 Å². The number of hydrogen-bond donors (Lipinski definition) is 2. The van der Waals surface area contributed by atoms with Gasteiger partial charge in [0, 0.05) is 12.1 Å². The number of carboxylic acids is 1. The average Bonchev–Trinajstić information content (AvgIpc) is 3.10. The Hall–Kier alpha value is -2.86. The second-order valence-corrected chi connectivity index (χ2v) is 5.86. The molecule has 0 spiro atoms. The highest BCUT2D eigenvalue weighted by Crippen LogP contribution is 2.20. The maximum absolute atomic E-state index is 12.1. The molecule has 1 aliphatic rings. The topological polar surface area (TPSA) is 84.9 Å². The van der Waals surface area contributed by atoms with Crippen LogP contribution >= 0.6 is 0 Å². The van der Waals surface area contributed by atoms with Crippen molar-refractivity contribution in [2.75, 3.05) is 18.5 Å². The Morgan fingerprint density at radius 2 is 2.00 bits per heavy atom. The Bertz CT molecular complexity index is 751. The fraction of sp³-hybridized carbons (Fsp3) is 0.263. The van der Waals surface area contributed by atoms with Crippen LogP contribution in [0.3, 0.4) is 0 Å². The van der Waals surface area contributed by atoms with Crippen LogP contribution in [-0.2, 0) is 16.0 Å². The van der Waals surface area contributed by atoms with E-state index in [-0.39, 0.29) is 24.0 Å². The van der Waals surface area contributed by atoms with E-state index in [1.165, 1.54) is 12.1 Å². The van der Waals surface area contributed by atoms with Crippen molar-refractivity contribution in [2.45, 2.75) is 18.9 Å². The molecule has 1 heterocycles. The third-order valence-electron chi connectivity index (χ3n) is 3.87. The summed E-state index contributed by atoms with van der Waals surface area (Å²) in [7, 11) is 0. The molecule has 1 atom stereocenters. The Kier molecular flexibility index (Phi) is 5.30. The van der Waals surface area contributed by atoms with Gasteiger partial charge < -0.3 is 19.9 Å². The van der Waals surface area contributed by atoms with Gasteiger partial charge in [0.2, 0.25) is 5.91 Å². The molecular formula is C19H19NO5. The zero-order valence-corrected chi connectivity index (χ0v) is 13.6. The van der Waals surface area contributed by atoms with Gasteiger partial charge in [0.25, 0.3) is 0 Å². The molecule has 1 aliphatic heterocycles. The minimum atomic E-state index is -1.01. The van der Waals surface area contributed by atoms with Crippen LogP contribution in [0, 0.1) is 0 Å². The maximum Gasteiger partial charge on any atom is 0.335 e. The SMILES string of the molecule is O=C(Cc1cccc(C(=O)O)c1)Nc1ccc(OC2CCOC2)cc1. The normalized spacial score (nSPS) is 16.4. The number of nitrogens with one attached hydrogen (secondary N) is 1. The number of ether oxygens (including phenoxy) is 2. The molecule has 1 unspecified atom stereocenters. The Morgan fingerprint density at radius 3 is 2.68 bits per heavy atom. The Balaban J connectivity index is 1.55. The summed E-state index contributed by atoms with van der Waals surface area (Å²) in [6.45, 7) is 1.33. The predicted octanol–water partition coefficient (Wildman–Crippen LogP) is 2.73. The van der Waals surface area contributed by atoms with Crippen molar-refractivity contribution in [3.05, 3.63) is 59.7 Å². The van der Waals surface area contributed by atoms with E-state index < -0.39 is 5.97 Å². The van der Waals surface area contributed by atoms with E-state index in [4.69, 9.17) is 14.6 Å². The second-order valence-electron chi connectivity index (χ2n) is 5.86. The van der Waals surface area contributed by atoms with Gasteiger partial charge in [-0.15, -0.1) is 0 Å². The monoisotopic (exact) mass is 341 g/mol. The van der Waals surface area contributed by atoms with Gasteiger partial charge >= 0.3 is 5.97 Å². The summed E-state index contributed by atoms with van der Waals surface area (Å²) in [5.41, 5.74) is 1.48. The van der Waals surface area contributed by atoms with Gasteiger partial charge in [-0.25, -0.2) is 4.79 Å². The highest BCUT2D eigenvalue weighted by atomic mass is 16.5. The van der Waals surface area contributed by atoms with Gasteiger partial charge in [0.15, 0.2) is 0 Å². The maximum atomic E-state index is 12.1. The molecule has 2 N–H and O–H groups in total. The Labute approximate surface area is 145 Å². The zero-order chi connectivity index (χ0) is 17.6. The fourth-order valence-corrected chi connectivity index (χ4v) is 2.62. The quantitative estimate of drug-likeness (QED) is 0.844. The third kappa shape index (κ3) is 4.81. The van der Waals surface area contributed by atoms with Crippen LogP contribution in [0.1, 0.15) is 22.3 Å². The molecule has 1 amide bonds. The number of carbonyl (C=O) groups is 2. The second kappa shape index (κ2) is 7.81. The first-order valence-corrected chi connectivity index (χ1v) is 8.07. The van der Waals surface area contributed by atoms with Gasteiger partial charge in [-0.1, -0.05) is 12.1 Å². The van der Waals surface area contributed by atoms with Crippen molar-refractivity contribution in [2.24, 2.45) is 0 Å². The van der Waals surface area contributed by atoms with Gasteiger partial charge in [0.05, 0.1) is 25.2 Å². The standard InChI is InChI=1S/C19H19NO5/c21-18(11-13-2-1-3-14(10-13)19(22)23)20-15-4-6-16(7-5-15)25-17-8-9-24-12-17/h1-7,10,17H,8-9,11-12H2,(H,20,21)(H,22,23). The highest BCUT2D eigenvalue weighted by molar-refractivity contribution is 5.93. The molecule has 1 fully saturated rings. The molecule has 6 heteroatoms. The van der Waals surface area contributed by atoms with Crippen LogP contribution in [0.25, 0.3) is 0 Å². The average molecular weight is 341 g/mol. The largest absolute Gasteiger partial charge is 0.488 e. The molecule has 2 aromatic rings. The summed E-state index contributed by atoms with van der Waals surface area (Å²) in [5.74, 6) is -0.478. The van der Waals surface area contributed by atoms with Crippen LogP contribution < -0.4 is 10.1 Å². The van der Waals surface area contributed by atoms with Gasteiger partial charge in [-0.2, -0.15) is 0 Å².